The molecule has 0 radical (unpaired) electrons. The molecular weight excluding hydrogens is 392 g/mol. The van der Waals surface area contributed by atoms with Crippen molar-refractivity contribution in [1.82, 2.24) is 0 Å². The standard InChI is InChI=1S/C26H40O5/c1-4-6-12-20(5-2)17-22(19(3)27)26(24(30)31)16-11-10-15-25(26,23(28)29)18-21-13-8-7-9-14-21/h7-9,13-14,19-20,22,27H,4-6,10-12,15-18H2,1-3H3,(H,28,29)(H,30,31). The number of unbranched alkanes of at least 4 members (excludes halogenated alkanes) is 1. The second kappa shape index (κ2) is 11.1. The van der Waals surface area contributed by atoms with E-state index in [0.717, 1.165) is 31.2 Å². The largest absolute Gasteiger partial charge is 0.481 e. The van der Waals surface area contributed by atoms with Crippen molar-refractivity contribution >= 4 is 11.9 Å². The van der Waals surface area contributed by atoms with Crippen molar-refractivity contribution < 1.29 is 24.9 Å². The van der Waals surface area contributed by atoms with Gasteiger partial charge in [-0.2, -0.15) is 0 Å². The molecule has 31 heavy (non-hydrogen) atoms. The number of aliphatic hydroxyl groups excluding tert-OH is 1. The molecule has 5 atom stereocenters. The van der Waals surface area contributed by atoms with E-state index in [1.807, 2.05) is 30.3 Å². The Morgan fingerprint density at radius 3 is 2.19 bits per heavy atom. The van der Waals surface area contributed by atoms with E-state index in [-0.39, 0.29) is 12.3 Å². The summed E-state index contributed by atoms with van der Waals surface area (Å²) in [6, 6.07) is 9.35. The van der Waals surface area contributed by atoms with E-state index in [1.165, 1.54) is 0 Å². The van der Waals surface area contributed by atoms with Crippen molar-refractivity contribution in [3.63, 3.8) is 0 Å². The smallest absolute Gasteiger partial charge is 0.311 e. The van der Waals surface area contributed by atoms with Crippen LogP contribution in [0.25, 0.3) is 0 Å². The van der Waals surface area contributed by atoms with E-state index in [1.54, 1.807) is 6.92 Å². The summed E-state index contributed by atoms with van der Waals surface area (Å²) in [5.41, 5.74) is -2.11. The molecule has 1 aliphatic rings. The summed E-state index contributed by atoms with van der Waals surface area (Å²) in [5, 5.41) is 32.1. The lowest BCUT2D eigenvalue weighted by molar-refractivity contribution is -0.194. The lowest BCUT2D eigenvalue weighted by Crippen LogP contribution is -2.61. The molecule has 0 bridgehead atoms. The molecule has 1 fully saturated rings. The van der Waals surface area contributed by atoms with Gasteiger partial charge in [0, 0.05) is 5.92 Å². The first kappa shape index (κ1) is 25.4. The Morgan fingerprint density at radius 2 is 1.68 bits per heavy atom. The van der Waals surface area contributed by atoms with Gasteiger partial charge in [0.05, 0.1) is 16.9 Å². The van der Waals surface area contributed by atoms with Gasteiger partial charge in [0.15, 0.2) is 0 Å². The van der Waals surface area contributed by atoms with Gasteiger partial charge >= 0.3 is 11.9 Å². The number of rotatable bonds is 12. The first-order valence-corrected chi connectivity index (χ1v) is 11.9. The highest BCUT2D eigenvalue weighted by Gasteiger charge is 2.66. The van der Waals surface area contributed by atoms with Crippen LogP contribution < -0.4 is 0 Å². The summed E-state index contributed by atoms with van der Waals surface area (Å²) < 4.78 is 0. The summed E-state index contributed by atoms with van der Waals surface area (Å²) in [6.45, 7) is 5.88. The monoisotopic (exact) mass is 432 g/mol. The summed E-state index contributed by atoms with van der Waals surface area (Å²) >= 11 is 0. The molecule has 3 N–H and O–H groups in total. The molecule has 5 unspecified atom stereocenters. The number of hydrogen-bond donors (Lipinski definition) is 3. The van der Waals surface area contributed by atoms with Gasteiger partial charge in [-0.3, -0.25) is 9.59 Å². The van der Waals surface area contributed by atoms with E-state index in [0.29, 0.717) is 32.1 Å². The number of aliphatic carboxylic acids is 2. The van der Waals surface area contributed by atoms with Crippen molar-refractivity contribution in [2.24, 2.45) is 22.7 Å². The van der Waals surface area contributed by atoms with Gasteiger partial charge in [-0.25, -0.2) is 0 Å². The van der Waals surface area contributed by atoms with E-state index in [2.05, 4.69) is 13.8 Å². The van der Waals surface area contributed by atoms with Crippen LogP contribution in [0.2, 0.25) is 0 Å². The Kier molecular flexibility index (Phi) is 9.11. The van der Waals surface area contributed by atoms with Crippen LogP contribution in [-0.2, 0) is 16.0 Å². The Bertz CT molecular complexity index is 716. The zero-order valence-corrected chi connectivity index (χ0v) is 19.3. The van der Waals surface area contributed by atoms with Crippen molar-refractivity contribution in [3.05, 3.63) is 35.9 Å². The summed E-state index contributed by atoms with van der Waals surface area (Å²) in [5.74, 6) is -2.44. The molecule has 174 valence electrons. The lowest BCUT2D eigenvalue weighted by atomic mass is 9.47. The average molecular weight is 433 g/mol. The molecule has 5 nitrogen and oxygen atoms in total. The molecule has 1 aromatic rings. The minimum Gasteiger partial charge on any atom is -0.481 e. The van der Waals surface area contributed by atoms with Crippen LogP contribution in [0, 0.1) is 22.7 Å². The van der Waals surface area contributed by atoms with Crippen LogP contribution in [0.1, 0.15) is 84.1 Å². The van der Waals surface area contributed by atoms with Crippen LogP contribution >= 0.6 is 0 Å². The molecule has 1 saturated carbocycles. The Morgan fingerprint density at radius 1 is 1.03 bits per heavy atom. The van der Waals surface area contributed by atoms with E-state index < -0.39 is 34.8 Å². The maximum absolute atomic E-state index is 13.0. The molecule has 0 aliphatic heterocycles. The number of aliphatic hydroxyl groups is 1. The van der Waals surface area contributed by atoms with Gasteiger partial charge in [0.25, 0.3) is 0 Å². The first-order chi connectivity index (χ1) is 14.7. The summed E-state index contributed by atoms with van der Waals surface area (Å²) in [6.07, 6.45) is 5.79. The summed E-state index contributed by atoms with van der Waals surface area (Å²) in [7, 11) is 0. The fraction of sp³-hybridized carbons (Fsp3) is 0.692. The van der Waals surface area contributed by atoms with Crippen molar-refractivity contribution in [2.45, 2.75) is 91.1 Å². The van der Waals surface area contributed by atoms with Crippen LogP contribution in [0.5, 0.6) is 0 Å². The van der Waals surface area contributed by atoms with E-state index >= 15 is 0 Å². The highest BCUT2D eigenvalue weighted by atomic mass is 16.4. The molecule has 0 amide bonds. The average Bonchev–Trinajstić information content (AvgIpc) is 2.74. The second-order valence-corrected chi connectivity index (χ2v) is 9.53. The minimum atomic E-state index is -1.50. The van der Waals surface area contributed by atoms with Crippen molar-refractivity contribution in [2.75, 3.05) is 0 Å². The molecule has 0 aromatic heterocycles. The van der Waals surface area contributed by atoms with Crippen LogP contribution in [0.3, 0.4) is 0 Å². The van der Waals surface area contributed by atoms with Gasteiger partial charge in [0.2, 0.25) is 0 Å². The fourth-order valence-electron chi connectivity index (χ4n) is 6.02. The minimum absolute atomic E-state index is 0.171. The van der Waals surface area contributed by atoms with Gasteiger partial charge in [-0.05, 0) is 44.1 Å². The molecule has 1 aliphatic carbocycles. The highest BCUT2D eigenvalue weighted by Crippen LogP contribution is 2.59. The third-order valence-electron chi connectivity index (χ3n) is 7.76. The maximum atomic E-state index is 13.0. The Hall–Kier alpha value is -1.88. The van der Waals surface area contributed by atoms with E-state index in [9.17, 15) is 24.9 Å². The number of hydrogen-bond acceptors (Lipinski definition) is 3. The fourth-order valence-corrected chi connectivity index (χ4v) is 6.02. The van der Waals surface area contributed by atoms with Crippen molar-refractivity contribution in [3.8, 4) is 0 Å². The predicted molar refractivity (Wildman–Crippen MR) is 122 cm³/mol. The second-order valence-electron chi connectivity index (χ2n) is 9.53. The Labute approximate surface area is 186 Å². The number of carboxylic acids is 2. The number of benzene rings is 1. The van der Waals surface area contributed by atoms with Crippen molar-refractivity contribution in [1.29, 1.82) is 0 Å². The van der Waals surface area contributed by atoms with Gasteiger partial charge in [-0.1, -0.05) is 82.7 Å². The summed E-state index contributed by atoms with van der Waals surface area (Å²) in [4.78, 5) is 26.0. The normalized spacial score (nSPS) is 26.7. The quantitative estimate of drug-likeness (QED) is 0.402. The zero-order valence-electron chi connectivity index (χ0n) is 19.3. The van der Waals surface area contributed by atoms with E-state index in [4.69, 9.17) is 0 Å². The molecule has 2 rings (SSSR count). The highest BCUT2D eigenvalue weighted by molar-refractivity contribution is 5.87. The van der Waals surface area contributed by atoms with Crippen LogP contribution in [0.15, 0.2) is 30.3 Å². The number of carbonyl (C=O) groups is 2. The van der Waals surface area contributed by atoms with Crippen LogP contribution in [-0.4, -0.2) is 33.4 Å². The van der Waals surface area contributed by atoms with Gasteiger partial charge < -0.3 is 15.3 Å². The third kappa shape index (κ3) is 5.14. The Balaban J connectivity index is 2.61. The maximum Gasteiger partial charge on any atom is 0.311 e. The zero-order chi connectivity index (χ0) is 23.1. The third-order valence-corrected chi connectivity index (χ3v) is 7.76. The molecule has 0 saturated heterocycles. The topological polar surface area (TPSA) is 94.8 Å². The molecule has 0 heterocycles. The lowest BCUT2D eigenvalue weighted by Gasteiger charge is -2.53. The predicted octanol–water partition coefficient (Wildman–Crippen LogP) is 5.55. The van der Waals surface area contributed by atoms with Gasteiger partial charge in [0.1, 0.15) is 0 Å². The van der Waals surface area contributed by atoms with Crippen LogP contribution in [0.4, 0.5) is 0 Å². The first-order valence-electron chi connectivity index (χ1n) is 11.9. The van der Waals surface area contributed by atoms with Gasteiger partial charge in [-0.15, -0.1) is 0 Å². The molecule has 5 heteroatoms. The number of carboxylic acid groups (broad SMARTS) is 2. The molecule has 1 aromatic carbocycles. The molecule has 0 spiro atoms. The SMILES string of the molecule is CCCCC(CC)CC(C(C)O)C1(C(=O)O)CCCCC1(Cc1ccccc1)C(=O)O. The molecular formula is C26H40O5.